The van der Waals surface area contributed by atoms with Crippen LogP contribution in [0.4, 0.5) is 5.69 Å². The van der Waals surface area contributed by atoms with Crippen LogP contribution in [0.3, 0.4) is 0 Å². The third kappa shape index (κ3) is 1.66. The summed E-state index contributed by atoms with van der Waals surface area (Å²) < 4.78 is 0. The molecule has 2 nitrogen and oxygen atoms in total. The van der Waals surface area contributed by atoms with E-state index in [0.29, 0.717) is 0 Å². The number of hydrogen-bond donors (Lipinski definition) is 1. The van der Waals surface area contributed by atoms with Gasteiger partial charge < -0.3 is 5.43 Å². The Bertz CT molecular complexity index is 324. The summed E-state index contributed by atoms with van der Waals surface area (Å²) in [6.45, 7) is 5.20. The van der Waals surface area contributed by atoms with Gasteiger partial charge >= 0.3 is 0 Å². The predicted octanol–water partition coefficient (Wildman–Crippen LogP) is 2.22. The van der Waals surface area contributed by atoms with Gasteiger partial charge in [-0.1, -0.05) is 17.7 Å². The minimum absolute atomic E-state index is 0.975. The Morgan fingerprint density at radius 3 is 2.38 bits per heavy atom. The lowest BCUT2D eigenvalue weighted by molar-refractivity contribution is 0.834. The highest BCUT2D eigenvalue weighted by atomic mass is 15.5. The molecule has 0 aliphatic carbocycles. The van der Waals surface area contributed by atoms with E-state index in [4.69, 9.17) is 0 Å². The van der Waals surface area contributed by atoms with Crippen LogP contribution >= 0.6 is 0 Å². The number of anilines is 1. The maximum absolute atomic E-state index is 3.21. The van der Waals surface area contributed by atoms with Gasteiger partial charge in [0.1, 0.15) is 0 Å². The van der Waals surface area contributed by atoms with Crippen molar-refractivity contribution in [3.05, 3.63) is 41.6 Å². The second-order valence-corrected chi connectivity index (χ2v) is 3.54. The summed E-state index contributed by atoms with van der Waals surface area (Å²) in [6.07, 6.45) is 2.04. The van der Waals surface area contributed by atoms with E-state index in [1.807, 2.05) is 6.20 Å². The second-order valence-electron chi connectivity index (χ2n) is 3.54. The summed E-state index contributed by atoms with van der Waals surface area (Å²) in [4.78, 5) is 0. The number of nitrogens with zero attached hydrogens (tertiary/aromatic N) is 1. The molecule has 0 spiro atoms. The molecule has 1 aliphatic rings. The summed E-state index contributed by atoms with van der Waals surface area (Å²) in [5.41, 5.74) is 7.09. The van der Waals surface area contributed by atoms with Gasteiger partial charge in [0.25, 0.3) is 0 Å². The number of aryl methyl sites for hydroxylation is 1. The summed E-state index contributed by atoms with van der Waals surface area (Å²) in [5.74, 6) is 0. The number of hydrazine groups is 1. The zero-order chi connectivity index (χ0) is 9.26. The first-order chi connectivity index (χ1) is 6.25. The van der Waals surface area contributed by atoms with Crippen LogP contribution in [0.5, 0.6) is 0 Å². The van der Waals surface area contributed by atoms with Crippen molar-refractivity contribution in [3.8, 4) is 0 Å². The van der Waals surface area contributed by atoms with Crippen LogP contribution in [0.15, 0.2) is 36.0 Å². The Morgan fingerprint density at radius 2 is 1.85 bits per heavy atom. The van der Waals surface area contributed by atoms with E-state index in [-0.39, 0.29) is 0 Å². The fraction of sp³-hybridized carbons (Fsp3) is 0.273. The molecule has 1 aliphatic heterocycles. The normalized spacial score (nSPS) is 15.5. The van der Waals surface area contributed by atoms with Gasteiger partial charge in [0.2, 0.25) is 0 Å². The quantitative estimate of drug-likeness (QED) is 0.702. The highest BCUT2D eigenvalue weighted by molar-refractivity contribution is 5.49. The fourth-order valence-corrected chi connectivity index (χ4v) is 1.42. The zero-order valence-electron chi connectivity index (χ0n) is 8.04. The van der Waals surface area contributed by atoms with Crippen molar-refractivity contribution < 1.29 is 0 Å². The lowest BCUT2D eigenvalue weighted by Gasteiger charge is -2.18. The van der Waals surface area contributed by atoms with Crippen molar-refractivity contribution in [3.63, 3.8) is 0 Å². The molecular weight excluding hydrogens is 160 g/mol. The molecule has 0 atom stereocenters. The molecule has 0 saturated heterocycles. The largest absolute Gasteiger partial charge is 0.305 e. The molecule has 1 N–H and O–H groups in total. The molecular formula is C11H14N2. The minimum Gasteiger partial charge on any atom is -0.305 e. The van der Waals surface area contributed by atoms with Crippen molar-refractivity contribution >= 4 is 5.69 Å². The zero-order valence-corrected chi connectivity index (χ0v) is 8.04. The van der Waals surface area contributed by atoms with Gasteiger partial charge in [0, 0.05) is 6.20 Å². The van der Waals surface area contributed by atoms with Crippen LogP contribution in [-0.4, -0.2) is 6.54 Å². The maximum atomic E-state index is 3.21. The highest BCUT2D eigenvalue weighted by Crippen LogP contribution is 2.16. The highest BCUT2D eigenvalue weighted by Gasteiger charge is 2.09. The molecule has 1 aromatic rings. The number of rotatable bonds is 1. The number of hydrogen-bond acceptors (Lipinski definition) is 2. The molecule has 0 unspecified atom stereocenters. The predicted molar refractivity (Wildman–Crippen MR) is 55.4 cm³/mol. The standard InChI is InChI=1S/C11H14N2/c1-9-3-5-11(6-4-9)13-8-10(2)7-12-13/h3-7,12H,8H2,1-2H3. The number of nitrogens with one attached hydrogen (secondary N) is 1. The Balaban J connectivity index is 2.14. The Morgan fingerprint density at radius 1 is 1.15 bits per heavy atom. The fourth-order valence-electron chi connectivity index (χ4n) is 1.42. The van der Waals surface area contributed by atoms with Crippen LogP contribution < -0.4 is 10.4 Å². The van der Waals surface area contributed by atoms with Crippen LogP contribution in [0, 0.1) is 6.92 Å². The smallest absolute Gasteiger partial charge is 0.0619 e. The molecule has 0 bridgehead atoms. The second kappa shape index (κ2) is 3.13. The molecule has 0 saturated carbocycles. The molecule has 1 heterocycles. The molecule has 0 radical (unpaired) electrons. The summed E-state index contributed by atoms with van der Waals surface area (Å²) in [5, 5.41) is 2.13. The SMILES string of the molecule is CC1=CNN(c2ccc(C)cc2)C1. The Labute approximate surface area is 78.8 Å². The molecule has 2 heteroatoms. The molecule has 1 aromatic carbocycles. The van der Waals surface area contributed by atoms with Gasteiger partial charge in [-0.15, -0.1) is 0 Å². The number of benzene rings is 1. The van der Waals surface area contributed by atoms with Gasteiger partial charge in [0.15, 0.2) is 0 Å². The average Bonchev–Trinajstić information content (AvgIpc) is 2.53. The van der Waals surface area contributed by atoms with Gasteiger partial charge in [0.05, 0.1) is 12.2 Å². The first kappa shape index (κ1) is 8.17. The third-order valence-electron chi connectivity index (χ3n) is 2.22. The molecule has 0 amide bonds. The summed E-state index contributed by atoms with van der Waals surface area (Å²) >= 11 is 0. The molecule has 68 valence electrons. The lowest BCUT2D eigenvalue weighted by Crippen LogP contribution is -2.29. The van der Waals surface area contributed by atoms with Gasteiger partial charge in [-0.3, -0.25) is 5.01 Å². The van der Waals surface area contributed by atoms with E-state index in [1.165, 1.54) is 16.8 Å². The molecule has 2 rings (SSSR count). The van der Waals surface area contributed by atoms with E-state index >= 15 is 0 Å². The van der Waals surface area contributed by atoms with E-state index in [0.717, 1.165) is 6.54 Å². The minimum atomic E-state index is 0.975. The van der Waals surface area contributed by atoms with Gasteiger partial charge in [-0.05, 0) is 31.6 Å². The van der Waals surface area contributed by atoms with E-state index in [2.05, 4.69) is 48.5 Å². The van der Waals surface area contributed by atoms with E-state index in [1.54, 1.807) is 0 Å². The lowest BCUT2D eigenvalue weighted by atomic mass is 10.2. The van der Waals surface area contributed by atoms with Gasteiger partial charge in [-0.2, -0.15) is 0 Å². The van der Waals surface area contributed by atoms with Crippen LogP contribution in [0.25, 0.3) is 0 Å². The maximum Gasteiger partial charge on any atom is 0.0619 e. The molecule has 0 aromatic heterocycles. The van der Waals surface area contributed by atoms with Crippen LogP contribution in [0.2, 0.25) is 0 Å². The van der Waals surface area contributed by atoms with E-state index in [9.17, 15) is 0 Å². The van der Waals surface area contributed by atoms with Crippen LogP contribution in [0.1, 0.15) is 12.5 Å². The van der Waals surface area contributed by atoms with Crippen molar-refractivity contribution in [1.29, 1.82) is 0 Å². The topological polar surface area (TPSA) is 15.3 Å². The third-order valence-corrected chi connectivity index (χ3v) is 2.22. The summed E-state index contributed by atoms with van der Waals surface area (Å²) in [7, 11) is 0. The van der Waals surface area contributed by atoms with Gasteiger partial charge in [-0.25, -0.2) is 0 Å². The van der Waals surface area contributed by atoms with Crippen molar-refractivity contribution in [2.75, 3.05) is 11.6 Å². The first-order valence-electron chi connectivity index (χ1n) is 4.52. The monoisotopic (exact) mass is 174 g/mol. The Kier molecular flexibility index (Phi) is 1.97. The molecule has 0 fully saturated rings. The first-order valence-corrected chi connectivity index (χ1v) is 4.52. The van der Waals surface area contributed by atoms with Crippen molar-refractivity contribution in [2.24, 2.45) is 0 Å². The Hall–Kier alpha value is -1.44. The van der Waals surface area contributed by atoms with Crippen molar-refractivity contribution in [1.82, 2.24) is 5.43 Å². The summed E-state index contributed by atoms with van der Waals surface area (Å²) in [6, 6.07) is 8.53. The van der Waals surface area contributed by atoms with Crippen LogP contribution in [-0.2, 0) is 0 Å². The van der Waals surface area contributed by atoms with Crippen molar-refractivity contribution in [2.45, 2.75) is 13.8 Å². The van der Waals surface area contributed by atoms with E-state index < -0.39 is 0 Å². The molecule has 13 heavy (non-hydrogen) atoms. The average molecular weight is 174 g/mol.